The molecule has 1 aromatic heterocycles. The number of nitrogens with zero attached hydrogens (tertiary/aromatic N) is 1. The van der Waals surface area contributed by atoms with E-state index in [0.29, 0.717) is 29.7 Å². The van der Waals surface area contributed by atoms with Gasteiger partial charge in [0.05, 0.1) is 22.0 Å². The van der Waals surface area contributed by atoms with Crippen molar-refractivity contribution >= 4 is 37.6 Å². The molecule has 0 saturated carbocycles. The maximum atomic E-state index is 13.5. The average Bonchev–Trinajstić information content (AvgIpc) is 3.06. The molecule has 0 spiro atoms. The molecule has 2 heterocycles. The highest BCUT2D eigenvalue weighted by Crippen LogP contribution is 2.33. The van der Waals surface area contributed by atoms with Crippen molar-refractivity contribution in [3.63, 3.8) is 0 Å². The summed E-state index contributed by atoms with van der Waals surface area (Å²) in [5.74, 6) is -0.597. The molecule has 1 aliphatic rings. The minimum atomic E-state index is -3.78. The maximum Gasteiger partial charge on any atom is 0.325 e. The smallest absolute Gasteiger partial charge is 0.325 e. The van der Waals surface area contributed by atoms with E-state index in [2.05, 4.69) is 21.2 Å². The van der Waals surface area contributed by atoms with Crippen LogP contribution in [0, 0.1) is 6.92 Å². The number of ether oxygens (including phenoxy) is 1. The Hall–Kier alpha value is -2.91. The minimum Gasteiger partial charge on any atom is -0.465 e. The van der Waals surface area contributed by atoms with Crippen LogP contribution in [-0.4, -0.2) is 38.0 Å². The average molecular weight is 545 g/mol. The second-order valence-electron chi connectivity index (χ2n) is 8.03. The summed E-state index contributed by atoms with van der Waals surface area (Å²) in [6.45, 7) is 4.35. The Morgan fingerprint density at radius 3 is 2.62 bits per heavy atom. The fraction of sp³-hybridized carbons (Fsp3) is 0.280. The van der Waals surface area contributed by atoms with E-state index in [1.165, 1.54) is 0 Å². The molecule has 7 nitrogen and oxygen atoms in total. The Morgan fingerprint density at radius 2 is 1.91 bits per heavy atom. The molecule has 34 heavy (non-hydrogen) atoms. The monoisotopic (exact) mass is 544 g/mol. The first kappa shape index (κ1) is 24.2. The summed E-state index contributed by atoms with van der Waals surface area (Å²) in [5, 5.41) is 2.87. The number of hydrogen-bond acceptors (Lipinski definition) is 5. The number of aromatic nitrogens is 1. The van der Waals surface area contributed by atoms with Gasteiger partial charge in [0.2, 0.25) is 9.84 Å². The van der Waals surface area contributed by atoms with Gasteiger partial charge < -0.3 is 14.6 Å². The van der Waals surface area contributed by atoms with Crippen LogP contribution in [0.2, 0.25) is 0 Å². The number of esters is 1. The largest absolute Gasteiger partial charge is 0.465 e. The number of sulfone groups is 1. The molecule has 1 aliphatic heterocycles. The molecule has 178 valence electrons. The quantitative estimate of drug-likeness (QED) is 0.456. The van der Waals surface area contributed by atoms with Crippen LogP contribution in [0.1, 0.15) is 39.8 Å². The summed E-state index contributed by atoms with van der Waals surface area (Å²) < 4.78 is 34.6. The number of nitrogens with one attached hydrogen (secondary N) is 1. The Morgan fingerprint density at radius 1 is 1.18 bits per heavy atom. The zero-order valence-corrected chi connectivity index (χ0v) is 21.3. The summed E-state index contributed by atoms with van der Waals surface area (Å²) in [6.07, 6.45) is 0.799. The van der Waals surface area contributed by atoms with Gasteiger partial charge in [0, 0.05) is 35.2 Å². The van der Waals surface area contributed by atoms with Crippen LogP contribution in [-0.2, 0) is 38.8 Å². The molecule has 0 unspecified atom stereocenters. The third-order valence-electron chi connectivity index (χ3n) is 5.96. The summed E-state index contributed by atoms with van der Waals surface area (Å²) in [5.41, 5.74) is 3.30. The van der Waals surface area contributed by atoms with Gasteiger partial charge in [0.15, 0.2) is 0 Å². The molecule has 4 rings (SSSR count). The highest BCUT2D eigenvalue weighted by atomic mass is 79.9. The third kappa shape index (κ3) is 4.54. The van der Waals surface area contributed by atoms with E-state index in [4.69, 9.17) is 4.74 Å². The molecule has 3 aromatic rings. The molecule has 1 N–H and O–H groups in total. The molecule has 2 aromatic carbocycles. The maximum absolute atomic E-state index is 13.5. The van der Waals surface area contributed by atoms with Gasteiger partial charge in [-0.05, 0) is 55.3 Å². The third-order valence-corrected chi connectivity index (χ3v) is 8.32. The first-order valence-electron chi connectivity index (χ1n) is 11.0. The predicted molar refractivity (Wildman–Crippen MR) is 131 cm³/mol. The lowest BCUT2D eigenvalue weighted by Crippen LogP contribution is -2.33. The zero-order valence-electron chi connectivity index (χ0n) is 18.9. The molecular weight excluding hydrogens is 520 g/mol. The van der Waals surface area contributed by atoms with Gasteiger partial charge in [0.1, 0.15) is 6.54 Å². The number of benzene rings is 2. The standard InChI is InChI=1S/C25H25BrN2O5S/c1-3-33-23(29)15-28-16(2)20(24-21(28)11-12-27-25(24)30)14-17-13-18(26)9-10-22(17)34(31,32)19-7-5-4-6-8-19/h4-10,13H,3,11-12,14-15H2,1-2H3,(H,27,30). The normalized spacial score (nSPS) is 13.3. The molecule has 0 fully saturated rings. The molecule has 9 heteroatoms. The Labute approximate surface area is 207 Å². The lowest BCUT2D eigenvalue weighted by Gasteiger charge is -2.17. The topological polar surface area (TPSA) is 94.5 Å². The summed E-state index contributed by atoms with van der Waals surface area (Å²) in [4.78, 5) is 25.5. The van der Waals surface area contributed by atoms with Crippen LogP contribution in [0.4, 0.5) is 0 Å². The van der Waals surface area contributed by atoms with Crippen LogP contribution < -0.4 is 5.32 Å². The lowest BCUT2D eigenvalue weighted by molar-refractivity contribution is -0.143. The molecule has 0 bridgehead atoms. The van der Waals surface area contributed by atoms with Crippen molar-refractivity contribution in [2.75, 3.05) is 13.2 Å². The van der Waals surface area contributed by atoms with E-state index in [1.54, 1.807) is 55.5 Å². The number of carbonyl (C=O) groups excluding carboxylic acids is 2. The lowest BCUT2D eigenvalue weighted by atomic mass is 9.97. The fourth-order valence-corrected chi connectivity index (χ4v) is 6.30. The molecular formula is C25H25BrN2O5S. The van der Waals surface area contributed by atoms with Gasteiger partial charge in [-0.1, -0.05) is 34.1 Å². The van der Waals surface area contributed by atoms with Gasteiger partial charge >= 0.3 is 5.97 Å². The van der Waals surface area contributed by atoms with Gasteiger partial charge in [-0.2, -0.15) is 0 Å². The second-order valence-corrected chi connectivity index (χ2v) is 10.9. The van der Waals surface area contributed by atoms with Crippen LogP contribution in [0.25, 0.3) is 0 Å². The van der Waals surface area contributed by atoms with Gasteiger partial charge in [-0.3, -0.25) is 9.59 Å². The number of rotatable bonds is 7. The van der Waals surface area contributed by atoms with Gasteiger partial charge in [-0.15, -0.1) is 0 Å². The van der Waals surface area contributed by atoms with Gasteiger partial charge in [0.25, 0.3) is 5.91 Å². The Balaban J connectivity index is 1.84. The van der Waals surface area contributed by atoms with Crippen molar-refractivity contribution in [3.05, 3.63) is 81.1 Å². The van der Waals surface area contributed by atoms with Gasteiger partial charge in [-0.25, -0.2) is 8.42 Å². The van der Waals surface area contributed by atoms with Crippen molar-refractivity contribution in [2.45, 2.75) is 43.0 Å². The first-order valence-corrected chi connectivity index (χ1v) is 13.2. The zero-order chi connectivity index (χ0) is 24.5. The predicted octanol–water partition coefficient (Wildman–Crippen LogP) is 3.83. The molecule has 0 radical (unpaired) electrons. The number of fused-ring (bicyclic) bond motifs is 1. The highest BCUT2D eigenvalue weighted by molar-refractivity contribution is 9.10. The van der Waals surface area contributed by atoms with E-state index in [-0.39, 0.29) is 41.2 Å². The Bertz CT molecular complexity index is 1360. The SMILES string of the molecule is CCOC(=O)Cn1c(C)c(Cc2cc(Br)ccc2S(=O)(=O)c2ccccc2)c2c1CCNC2=O. The van der Waals surface area contributed by atoms with E-state index in [1.807, 2.05) is 11.5 Å². The highest BCUT2D eigenvalue weighted by Gasteiger charge is 2.30. The fourth-order valence-electron chi connectivity index (χ4n) is 4.40. The van der Waals surface area contributed by atoms with Crippen LogP contribution in [0.15, 0.2) is 62.8 Å². The summed E-state index contributed by atoms with van der Waals surface area (Å²) >= 11 is 3.45. The Kier molecular flexibility index (Phi) is 6.95. The molecule has 0 atom stereocenters. The number of halogens is 1. The summed E-state index contributed by atoms with van der Waals surface area (Å²) in [7, 11) is -3.78. The first-order chi connectivity index (χ1) is 16.2. The second kappa shape index (κ2) is 9.76. The number of carbonyl (C=O) groups is 2. The van der Waals surface area contributed by atoms with E-state index < -0.39 is 9.84 Å². The van der Waals surface area contributed by atoms with E-state index >= 15 is 0 Å². The molecule has 0 aliphatic carbocycles. The molecule has 0 saturated heterocycles. The van der Waals surface area contributed by atoms with Crippen LogP contribution in [0.3, 0.4) is 0 Å². The number of hydrogen-bond donors (Lipinski definition) is 1. The van der Waals surface area contributed by atoms with E-state index in [9.17, 15) is 18.0 Å². The summed E-state index contributed by atoms with van der Waals surface area (Å²) in [6, 6.07) is 13.3. The van der Waals surface area contributed by atoms with Crippen LogP contribution >= 0.6 is 15.9 Å². The van der Waals surface area contributed by atoms with Crippen molar-refractivity contribution < 1.29 is 22.7 Å². The molecule has 1 amide bonds. The number of amides is 1. The van der Waals surface area contributed by atoms with Crippen molar-refractivity contribution in [2.24, 2.45) is 0 Å². The van der Waals surface area contributed by atoms with Crippen molar-refractivity contribution in [1.29, 1.82) is 0 Å². The van der Waals surface area contributed by atoms with Crippen LogP contribution in [0.5, 0.6) is 0 Å². The van der Waals surface area contributed by atoms with Crippen molar-refractivity contribution in [3.8, 4) is 0 Å². The van der Waals surface area contributed by atoms with E-state index in [0.717, 1.165) is 15.9 Å². The minimum absolute atomic E-state index is 0.00292. The van der Waals surface area contributed by atoms with Crippen molar-refractivity contribution in [1.82, 2.24) is 9.88 Å².